The molecule has 0 aromatic heterocycles. The highest BCUT2D eigenvalue weighted by Gasteiger charge is 2.24. The van der Waals surface area contributed by atoms with Crippen molar-refractivity contribution in [1.82, 2.24) is 20.9 Å². The van der Waals surface area contributed by atoms with Gasteiger partial charge in [0, 0.05) is 25.7 Å². The van der Waals surface area contributed by atoms with Crippen molar-refractivity contribution in [3.05, 3.63) is 0 Å². The molecule has 0 bridgehead atoms. The Hall–Kier alpha value is -1.46. The molecule has 0 aliphatic carbocycles. The standard InChI is InChI=1S/C21H41N5O4.HI/c1-7-10-17(25-19(27)30-21(4,5)6)15-23-18(22-8-2)24-16-11-13-26(14-12-16)20(28)29-9-3;/h16-17H,7-15H2,1-6H3,(H,25,27)(H2,22,23,24);1H. The Balaban J connectivity index is 0.00000900. The third-order valence-corrected chi connectivity index (χ3v) is 4.53. The average Bonchev–Trinajstić information content (AvgIpc) is 2.65. The maximum absolute atomic E-state index is 12.1. The van der Waals surface area contributed by atoms with Crippen molar-refractivity contribution in [2.24, 2.45) is 4.99 Å². The van der Waals surface area contributed by atoms with Gasteiger partial charge in [-0.2, -0.15) is 0 Å². The van der Waals surface area contributed by atoms with Crippen molar-refractivity contribution in [1.29, 1.82) is 0 Å². The predicted octanol–water partition coefficient (Wildman–Crippen LogP) is 3.47. The molecule has 3 N–H and O–H groups in total. The van der Waals surface area contributed by atoms with Gasteiger partial charge in [0.1, 0.15) is 5.60 Å². The van der Waals surface area contributed by atoms with Crippen LogP contribution in [0.4, 0.5) is 9.59 Å². The Labute approximate surface area is 204 Å². The van der Waals surface area contributed by atoms with Crippen LogP contribution in [0.5, 0.6) is 0 Å². The molecule has 2 amide bonds. The zero-order valence-corrected chi connectivity index (χ0v) is 22.3. The summed E-state index contributed by atoms with van der Waals surface area (Å²) in [5, 5.41) is 9.64. The smallest absolute Gasteiger partial charge is 0.409 e. The Morgan fingerprint density at radius 3 is 2.32 bits per heavy atom. The van der Waals surface area contributed by atoms with Gasteiger partial charge in [0.2, 0.25) is 0 Å². The highest BCUT2D eigenvalue weighted by Crippen LogP contribution is 2.12. The summed E-state index contributed by atoms with van der Waals surface area (Å²) < 4.78 is 10.4. The van der Waals surface area contributed by atoms with Crippen molar-refractivity contribution in [2.75, 3.05) is 32.8 Å². The second kappa shape index (κ2) is 15.4. The third kappa shape index (κ3) is 12.9. The van der Waals surface area contributed by atoms with Gasteiger partial charge in [-0.3, -0.25) is 4.99 Å². The van der Waals surface area contributed by atoms with Gasteiger partial charge in [-0.05, 0) is 53.9 Å². The molecule has 10 heteroatoms. The molecule has 1 heterocycles. The summed E-state index contributed by atoms with van der Waals surface area (Å²) in [6.07, 6.45) is 2.76. The van der Waals surface area contributed by atoms with Crippen LogP contribution >= 0.6 is 24.0 Å². The second-order valence-corrected chi connectivity index (χ2v) is 8.46. The molecule has 1 rings (SSSR count). The zero-order chi connectivity index (χ0) is 22.6. The van der Waals surface area contributed by atoms with Crippen molar-refractivity contribution in [3.63, 3.8) is 0 Å². The number of carbonyl (C=O) groups is 2. The zero-order valence-electron chi connectivity index (χ0n) is 20.0. The van der Waals surface area contributed by atoms with Gasteiger partial charge in [0.05, 0.1) is 19.2 Å². The number of likely N-dealkylation sites (tertiary alicyclic amines) is 1. The number of hydrogen-bond acceptors (Lipinski definition) is 5. The van der Waals surface area contributed by atoms with Crippen LogP contribution in [0.25, 0.3) is 0 Å². The number of carbonyl (C=O) groups excluding carboxylic acids is 2. The SMILES string of the molecule is CCCC(CN=C(NCC)NC1CCN(C(=O)OCC)CC1)NC(=O)OC(C)(C)C.I. The fourth-order valence-corrected chi connectivity index (χ4v) is 3.17. The molecule has 1 aliphatic rings. The molecular formula is C21H42IN5O4. The Morgan fingerprint density at radius 1 is 1.16 bits per heavy atom. The molecule has 0 aromatic carbocycles. The minimum atomic E-state index is -0.529. The molecule has 31 heavy (non-hydrogen) atoms. The lowest BCUT2D eigenvalue weighted by Gasteiger charge is -2.32. The van der Waals surface area contributed by atoms with Crippen LogP contribution < -0.4 is 16.0 Å². The van der Waals surface area contributed by atoms with E-state index in [-0.39, 0.29) is 42.2 Å². The van der Waals surface area contributed by atoms with E-state index in [0.29, 0.717) is 26.2 Å². The number of guanidine groups is 1. The molecule has 0 saturated carbocycles. The molecule has 1 atom stereocenters. The monoisotopic (exact) mass is 555 g/mol. The van der Waals surface area contributed by atoms with Gasteiger partial charge in [-0.25, -0.2) is 9.59 Å². The van der Waals surface area contributed by atoms with Gasteiger partial charge in [0.25, 0.3) is 0 Å². The van der Waals surface area contributed by atoms with Crippen molar-refractivity contribution in [3.8, 4) is 0 Å². The minimum Gasteiger partial charge on any atom is -0.450 e. The highest BCUT2D eigenvalue weighted by atomic mass is 127. The largest absolute Gasteiger partial charge is 0.450 e. The Morgan fingerprint density at radius 2 is 1.81 bits per heavy atom. The first-order valence-corrected chi connectivity index (χ1v) is 11.1. The number of rotatable bonds is 8. The van der Waals surface area contributed by atoms with E-state index >= 15 is 0 Å². The Kier molecular flexibility index (Phi) is 14.6. The first-order valence-electron chi connectivity index (χ1n) is 11.1. The summed E-state index contributed by atoms with van der Waals surface area (Å²) in [5.74, 6) is 0.721. The number of nitrogens with one attached hydrogen (secondary N) is 3. The maximum atomic E-state index is 12.1. The molecule has 0 spiro atoms. The van der Waals surface area contributed by atoms with Crippen molar-refractivity contribution < 1.29 is 19.1 Å². The number of ether oxygens (including phenoxy) is 2. The van der Waals surface area contributed by atoms with E-state index in [1.807, 2.05) is 34.6 Å². The lowest BCUT2D eigenvalue weighted by atomic mass is 10.1. The fraction of sp³-hybridized carbons (Fsp3) is 0.857. The molecule has 1 aliphatic heterocycles. The van der Waals surface area contributed by atoms with E-state index in [1.54, 1.807) is 4.90 Å². The third-order valence-electron chi connectivity index (χ3n) is 4.53. The summed E-state index contributed by atoms with van der Waals surface area (Å²) in [5.41, 5.74) is -0.529. The topological polar surface area (TPSA) is 104 Å². The van der Waals surface area contributed by atoms with E-state index in [1.165, 1.54) is 0 Å². The first-order chi connectivity index (χ1) is 14.2. The summed E-state index contributed by atoms with van der Waals surface area (Å²) in [4.78, 5) is 30.4. The number of hydrogen-bond donors (Lipinski definition) is 3. The van der Waals surface area contributed by atoms with Crippen molar-refractivity contribution >= 4 is 42.1 Å². The lowest BCUT2D eigenvalue weighted by Crippen LogP contribution is -2.50. The average molecular weight is 556 g/mol. The van der Waals surface area contributed by atoms with Gasteiger partial charge >= 0.3 is 12.2 Å². The molecule has 182 valence electrons. The van der Waals surface area contributed by atoms with Crippen LogP contribution in [0.2, 0.25) is 0 Å². The van der Waals surface area contributed by atoms with Crippen LogP contribution in [0.15, 0.2) is 4.99 Å². The van der Waals surface area contributed by atoms with Gasteiger partial charge < -0.3 is 30.3 Å². The summed E-state index contributed by atoms with van der Waals surface area (Å²) in [6.45, 7) is 14.4. The number of nitrogens with zero attached hydrogens (tertiary/aromatic N) is 2. The molecule has 1 saturated heterocycles. The van der Waals surface area contributed by atoms with E-state index < -0.39 is 11.7 Å². The Bertz CT molecular complexity index is 560. The summed E-state index contributed by atoms with van der Waals surface area (Å²) >= 11 is 0. The lowest BCUT2D eigenvalue weighted by molar-refractivity contribution is 0.0503. The highest BCUT2D eigenvalue weighted by molar-refractivity contribution is 14.0. The minimum absolute atomic E-state index is 0. The van der Waals surface area contributed by atoms with E-state index in [9.17, 15) is 9.59 Å². The van der Waals surface area contributed by atoms with Crippen LogP contribution in [0.1, 0.15) is 67.2 Å². The number of piperidine rings is 1. The molecule has 1 fully saturated rings. The fourth-order valence-electron chi connectivity index (χ4n) is 3.17. The molecular weight excluding hydrogens is 513 g/mol. The quantitative estimate of drug-likeness (QED) is 0.241. The molecule has 0 radical (unpaired) electrons. The van der Waals surface area contributed by atoms with Crippen molar-refractivity contribution in [2.45, 2.75) is 84.9 Å². The maximum Gasteiger partial charge on any atom is 0.409 e. The van der Waals surface area contributed by atoms with Crippen LogP contribution in [-0.2, 0) is 9.47 Å². The first kappa shape index (κ1) is 29.5. The normalized spacial score (nSPS) is 16.1. The second-order valence-electron chi connectivity index (χ2n) is 8.46. The van der Waals surface area contributed by atoms with E-state index in [4.69, 9.17) is 9.47 Å². The van der Waals surface area contributed by atoms with Gasteiger partial charge in [0.15, 0.2) is 5.96 Å². The van der Waals surface area contributed by atoms with Crippen LogP contribution in [-0.4, -0.2) is 73.5 Å². The summed E-state index contributed by atoms with van der Waals surface area (Å²) in [7, 11) is 0. The summed E-state index contributed by atoms with van der Waals surface area (Å²) in [6, 6.07) is 0.142. The molecule has 1 unspecified atom stereocenters. The van der Waals surface area contributed by atoms with E-state index in [0.717, 1.165) is 38.2 Å². The van der Waals surface area contributed by atoms with Gasteiger partial charge in [-0.15, -0.1) is 24.0 Å². The predicted molar refractivity (Wildman–Crippen MR) is 134 cm³/mol. The number of aliphatic imine (C=N–C) groups is 1. The van der Waals surface area contributed by atoms with E-state index in [2.05, 4.69) is 27.9 Å². The molecule has 9 nitrogen and oxygen atoms in total. The van der Waals surface area contributed by atoms with Crippen LogP contribution in [0.3, 0.4) is 0 Å². The molecule has 0 aromatic rings. The van der Waals surface area contributed by atoms with Gasteiger partial charge in [-0.1, -0.05) is 13.3 Å². The number of amides is 2. The van der Waals surface area contributed by atoms with Crippen LogP contribution in [0, 0.1) is 0 Å². The number of alkyl carbamates (subject to hydrolysis) is 1. The number of halogens is 1.